The van der Waals surface area contributed by atoms with Gasteiger partial charge in [-0.3, -0.25) is 0 Å². The van der Waals surface area contributed by atoms with Gasteiger partial charge in [-0.1, -0.05) is 66.7 Å². The molecule has 0 saturated heterocycles. The Morgan fingerprint density at radius 2 is 1.50 bits per heavy atom. The van der Waals surface area contributed by atoms with E-state index in [1.807, 2.05) is 66.7 Å². The second kappa shape index (κ2) is 6.08. The van der Waals surface area contributed by atoms with Gasteiger partial charge in [0.05, 0.1) is 0 Å². The van der Waals surface area contributed by atoms with Crippen LogP contribution in [0, 0.1) is 0 Å². The normalized spacial score (nSPS) is 11.1. The maximum atomic E-state index is 5.88. The number of halogens is 1. The van der Waals surface area contributed by atoms with Crippen molar-refractivity contribution in [2.24, 2.45) is 0 Å². The molecule has 0 aromatic heterocycles. The topological polar surface area (TPSA) is 12.0 Å². The number of para-hydroxylation sites is 1. The SMILES string of the molecule is C=C(Cl)C=C(Nc1ccccc1)c1ccccc1. The van der Waals surface area contributed by atoms with E-state index in [0.29, 0.717) is 5.03 Å². The maximum absolute atomic E-state index is 5.88. The number of hydrogen-bond donors (Lipinski definition) is 1. The molecule has 0 spiro atoms. The van der Waals surface area contributed by atoms with Crippen LogP contribution in [0.4, 0.5) is 5.69 Å². The van der Waals surface area contributed by atoms with Gasteiger partial charge in [0.25, 0.3) is 0 Å². The van der Waals surface area contributed by atoms with Gasteiger partial charge in [-0.15, -0.1) is 0 Å². The molecule has 0 heterocycles. The van der Waals surface area contributed by atoms with E-state index in [4.69, 9.17) is 11.6 Å². The molecule has 0 aliphatic carbocycles. The second-order valence-corrected chi connectivity index (χ2v) is 4.35. The van der Waals surface area contributed by atoms with Crippen LogP contribution in [-0.2, 0) is 0 Å². The first-order chi connectivity index (χ1) is 8.75. The van der Waals surface area contributed by atoms with Crippen molar-refractivity contribution in [3.8, 4) is 0 Å². The van der Waals surface area contributed by atoms with Gasteiger partial charge in [-0.2, -0.15) is 0 Å². The van der Waals surface area contributed by atoms with Gasteiger partial charge < -0.3 is 5.32 Å². The Labute approximate surface area is 112 Å². The summed E-state index contributed by atoms with van der Waals surface area (Å²) in [6, 6.07) is 20.0. The molecule has 0 bridgehead atoms. The van der Waals surface area contributed by atoms with Crippen molar-refractivity contribution < 1.29 is 0 Å². The lowest BCUT2D eigenvalue weighted by Crippen LogP contribution is -1.98. The molecular weight excluding hydrogens is 242 g/mol. The van der Waals surface area contributed by atoms with E-state index in [9.17, 15) is 0 Å². The van der Waals surface area contributed by atoms with Crippen LogP contribution in [0.3, 0.4) is 0 Å². The maximum Gasteiger partial charge on any atom is 0.0472 e. The number of rotatable bonds is 4. The summed E-state index contributed by atoms with van der Waals surface area (Å²) in [4.78, 5) is 0. The molecule has 2 aromatic carbocycles. The van der Waals surface area contributed by atoms with Crippen LogP contribution in [0.5, 0.6) is 0 Å². The largest absolute Gasteiger partial charge is 0.355 e. The fraction of sp³-hybridized carbons (Fsp3) is 0. The van der Waals surface area contributed by atoms with Crippen molar-refractivity contribution in [3.63, 3.8) is 0 Å². The third-order valence-electron chi connectivity index (χ3n) is 2.44. The lowest BCUT2D eigenvalue weighted by Gasteiger charge is -2.11. The van der Waals surface area contributed by atoms with Crippen molar-refractivity contribution >= 4 is 23.0 Å². The molecule has 0 fully saturated rings. The van der Waals surface area contributed by atoms with Gasteiger partial charge >= 0.3 is 0 Å². The highest BCUT2D eigenvalue weighted by molar-refractivity contribution is 6.31. The quantitative estimate of drug-likeness (QED) is 0.767. The molecule has 0 amide bonds. The predicted octanol–water partition coefficient (Wildman–Crippen LogP) is 4.89. The number of benzene rings is 2. The summed E-state index contributed by atoms with van der Waals surface area (Å²) in [7, 11) is 0. The molecule has 2 rings (SSSR count). The molecule has 1 N–H and O–H groups in total. The molecule has 18 heavy (non-hydrogen) atoms. The fourth-order valence-corrected chi connectivity index (χ4v) is 1.75. The Kier molecular flexibility index (Phi) is 4.21. The van der Waals surface area contributed by atoms with Crippen molar-refractivity contribution in [1.82, 2.24) is 0 Å². The Hall–Kier alpha value is -1.99. The highest BCUT2D eigenvalue weighted by atomic mass is 35.5. The summed E-state index contributed by atoms with van der Waals surface area (Å²) < 4.78 is 0. The van der Waals surface area contributed by atoms with Crippen LogP contribution in [0.15, 0.2) is 78.4 Å². The number of allylic oxidation sites excluding steroid dienone is 2. The third kappa shape index (κ3) is 3.51. The minimum Gasteiger partial charge on any atom is -0.355 e. The lowest BCUT2D eigenvalue weighted by molar-refractivity contribution is 1.53. The van der Waals surface area contributed by atoms with E-state index in [0.717, 1.165) is 16.9 Å². The molecule has 0 atom stereocenters. The van der Waals surface area contributed by atoms with E-state index >= 15 is 0 Å². The van der Waals surface area contributed by atoms with Crippen LogP contribution >= 0.6 is 11.6 Å². The number of hydrogen-bond acceptors (Lipinski definition) is 1. The summed E-state index contributed by atoms with van der Waals surface area (Å²) in [5, 5.41) is 3.84. The van der Waals surface area contributed by atoms with Gasteiger partial charge in [0.1, 0.15) is 0 Å². The molecular formula is C16H14ClN. The summed E-state index contributed by atoms with van der Waals surface area (Å²) in [6.07, 6.45) is 1.82. The second-order valence-electron chi connectivity index (χ2n) is 3.86. The third-order valence-corrected chi connectivity index (χ3v) is 2.55. The fourth-order valence-electron chi connectivity index (χ4n) is 1.64. The van der Waals surface area contributed by atoms with Crippen LogP contribution in [0.1, 0.15) is 5.56 Å². The van der Waals surface area contributed by atoms with E-state index in [2.05, 4.69) is 11.9 Å². The summed E-state index contributed by atoms with van der Waals surface area (Å²) >= 11 is 5.88. The zero-order valence-electron chi connectivity index (χ0n) is 9.94. The molecule has 2 aromatic rings. The molecule has 0 radical (unpaired) electrons. The minimum absolute atomic E-state index is 0.497. The Bertz CT molecular complexity index is 544. The lowest BCUT2D eigenvalue weighted by atomic mass is 10.1. The van der Waals surface area contributed by atoms with Crippen LogP contribution < -0.4 is 5.32 Å². The average Bonchev–Trinajstić information content (AvgIpc) is 2.40. The Morgan fingerprint density at radius 1 is 0.944 bits per heavy atom. The summed E-state index contributed by atoms with van der Waals surface area (Å²) in [5.41, 5.74) is 3.02. The standard InChI is InChI=1S/C16H14ClN/c1-13(17)12-16(14-8-4-2-5-9-14)18-15-10-6-3-7-11-15/h2-12,18H,1H2. The zero-order chi connectivity index (χ0) is 12.8. The number of anilines is 1. The van der Waals surface area contributed by atoms with Crippen LogP contribution in [0.25, 0.3) is 5.70 Å². The number of nitrogens with one attached hydrogen (secondary N) is 1. The van der Waals surface area contributed by atoms with Crippen molar-refractivity contribution in [2.75, 3.05) is 5.32 Å². The van der Waals surface area contributed by atoms with Crippen molar-refractivity contribution in [1.29, 1.82) is 0 Å². The highest BCUT2D eigenvalue weighted by Gasteiger charge is 2.01. The van der Waals surface area contributed by atoms with Crippen LogP contribution in [0.2, 0.25) is 0 Å². The van der Waals surface area contributed by atoms with Gasteiger partial charge in [0.2, 0.25) is 0 Å². The predicted molar refractivity (Wildman–Crippen MR) is 79.5 cm³/mol. The summed E-state index contributed by atoms with van der Waals surface area (Å²) in [5.74, 6) is 0. The van der Waals surface area contributed by atoms with Gasteiger partial charge in [0.15, 0.2) is 0 Å². The first-order valence-electron chi connectivity index (χ1n) is 5.69. The van der Waals surface area contributed by atoms with E-state index < -0.39 is 0 Å². The molecule has 0 aliphatic heterocycles. The molecule has 0 saturated carbocycles. The average molecular weight is 256 g/mol. The Balaban J connectivity index is 2.31. The van der Waals surface area contributed by atoms with Crippen molar-refractivity contribution in [2.45, 2.75) is 0 Å². The first kappa shape index (κ1) is 12.5. The molecule has 0 unspecified atom stereocenters. The van der Waals surface area contributed by atoms with E-state index in [-0.39, 0.29) is 0 Å². The first-order valence-corrected chi connectivity index (χ1v) is 6.07. The Morgan fingerprint density at radius 3 is 2.06 bits per heavy atom. The smallest absolute Gasteiger partial charge is 0.0472 e. The van der Waals surface area contributed by atoms with Gasteiger partial charge in [-0.05, 0) is 23.8 Å². The van der Waals surface area contributed by atoms with E-state index in [1.165, 1.54) is 0 Å². The van der Waals surface area contributed by atoms with Gasteiger partial charge in [0, 0.05) is 16.4 Å². The molecule has 90 valence electrons. The highest BCUT2D eigenvalue weighted by Crippen LogP contribution is 2.20. The minimum atomic E-state index is 0.497. The molecule has 0 aliphatic rings. The van der Waals surface area contributed by atoms with Crippen LogP contribution in [-0.4, -0.2) is 0 Å². The molecule has 1 nitrogen and oxygen atoms in total. The van der Waals surface area contributed by atoms with Gasteiger partial charge in [-0.25, -0.2) is 0 Å². The molecule has 2 heteroatoms. The monoisotopic (exact) mass is 255 g/mol. The van der Waals surface area contributed by atoms with E-state index in [1.54, 1.807) is 0 Å². The summed E-state index contributed by atoms with van der Waals surface area (Å²) in [6.45, 7) is 3.71. The zero-order valence-corrected chi connectivity index (χ0v) is 10.7. The van der Waals surface area contributed by atoms with Crippen molar-refractivity contribution in [3.05, 3.63) is 83.9 Å².